The fraction of sp³-hybridized carbons (Fsp3) is 0.364. The molecule has 1 aliphatic carbocycles. The Morgan fingerprint density at radius 3 is 2.38 bits per heavy atom. The first kappa shape index (κ1) is 20.7. The molecular weight excluding hydrogens is 379 g/mol. The van der Waals surface area contributed by atoms with Crippen LogP contribution in [0, 0.1) is 17.2 Å². The fourth-order valence-corrected chi connectivity index (χ4v) is 3.54. The molecule has 7 heteroatoms. The number of halogens is 3. The van der Waals surface area contributed by atoms with E-state index in [4.69, 9.17) is 5.26 Å². The monoisotopic (exact) mass is 401 g/mol. The molecule has 1 fully saturated rings. The third-order valence-electron chi connectivity index (χ3n) is 5.24. The number of amides is 1. The van der Waals surface area contributed by atoms with Gasteiger partial charge in [-0.2, -0.15) is 18.4 Å². The predicted molar refractivity (Wildman–Crippen MR) is 104 cm³/mol. The highest BCUT2D eigenvalue weighted by atomic mass is 19.4. The zero-order valence-electron chi connectivity index (χ0n) is 15.8. The van der Waals surface area contributed by atoms with E-state index in [9.17, 15) is 18.0 Å². The molecule has 0 unspecified atom stereocenters. The van der Waals surface area contributed by atoms with Gasteiger partial charge in [0.25, 0.3) is 5.91 Å². The molecule has 152 valence electrons. The highest BCUT2D eigenvalue weighted by Gasteiger charge is 2.31. The van der Waals surface area contributed by atoms with Crippen molar-refractivity contribution in [3.05, 3.63) is 65.2 Å². The molecule has 29 heavy (non-hydrogen) atoms. The molecule has 0 aliphatic heterocycles. The Labute approximate surface area is 167 Å². The number of benzene rings is 2. The van der Waals surface area contributed by atoms with Crippen LogP contribution in [0.25, 0.3) is 0 Å². The lowest BCUT2D eigenvalue weighted by Crippen LogP contribution is -2.38. The molecule has 2 aromatic carbocycles. The number of anilines is 1. The smallest absolute Gasteiger partial charge is 0.385 e. The molecule has 0 saturated heterocycles. The predicted octanol–water partition coefficient (Wildman–Crippen LogP) is 4.98. The van der Waals surface area contributed by atoms with Crippen molar-refractivity contribution >= 4 is 11.6 Å². The van der Waals surface area contributed by atoms with Gasteiger partial charge in [-0.15, -0.1) is 0 Å². The van der Waals surface area contributed by atoms with E-state index < -0.39 is 17.6 Å². The standard InChI is InChI=1S/C22H22F3N3O/c23-22(24,25)18-3-1-2-17(12-18)21(29)28-20-10-6-16(7-11-20)14-27-19-8-4-15(13-26)5-9-19/h1-5,8-9,12,16,20,27H,6-7,10-11,14H2,(H,28,29). The minimum absolute atomic E-state index is 0.0248. The molecule has 2 aromatic rings. The molecule has 0 aromatic heterocycles. The van der Waals surface area contributed by atoms with Crippen molar-refractivity contribution in [2.45, 2.75) is 37.9 Å². The van der Waals surface area contributed by atoms with Crippen LogP contribution in [0.5, 0.6) is 0 Å². The van der Waals surface area contributed by atoms with Crippen molar-refractivity contribution in [3.8, 4) is 6.07 Å². The van der Waals surface area contributed by atoms with Gasteiger partial charge in [0.1, 0.15) is 0 Å². The zero-order chi connectivity index (χ0) is 20.9. The number of nitriles is 1. The number of alkyl halides is 3. The van der Waals surface area contributed by atoms with E-state index in [1.165, 1.54) is 12.1 Å². The first-order valence-electron chi connectivity index (χ1n) is 9.57. The van der Waals surface area contributed by atoms with Gasteiger partial charge in [0, 0.05) is 23.8 Å². The molecular formula is C22H22F3N3O. The highest BCUT2D eigenvalue weighted by Crippen LogP contribution is 2.30. The van der Waals surface area contributed by atoms with E-state index in [0.717, 1.165) is 50.0 Å². The molecule has 0 atom stereocenters. The Kier molecular flexibility index (Phi) is 6.42. The SMILES string of the molecule is N#Cc1ccc(NCC2CCC(NC(=O)c3cccc(C(F)(F)F)c3)CC2)cc1. The molecule has 1 amide bonds. The lowest BCUT2D eigenvalue weighted by atomic mass is 9.86. The summed E-state index contributed by atoms with van der Waals surface area (Å²) in [6.45, 7) is 0.806. The molecule has 1 saturated carbocycles. The van der Waals surface area contributed by atoms with Crippen molar-refractivity contribution in [1.82, 2.24) is 5.32 Å². The van der Waals surface area contributed by atoms with Gasteiger partial charge in [-0.3, -0.25) is 4.79 Å². The average molecular weight is 401 g/mol. The van der Waals surface area contributed by atoms with Gasteiger partial charge in [-0.1, -0.05) is 6.07 Å². The Balaban J connectivity index is 1.46. The van der Waals surface area contributed by atoms with Crippen molar-refractivity contribution in [2.24, 2.45) is 5.92 Å². The van der Waals surface area contributed by atoms with Crippen molar-refractivity contribution in [3.63, 3.8) is 0 Å². The van der Waals surface area contributed by atoms with Gasteiger partial charge in [-0.05, 0) is 74.1 Å². The summed E-state index contributed by atoms with van der Waals surface area (Å²) in [5.74, 6) is 0.00242. The minimum atomic E-state index is -4.46. The van der Waals surface area contributed by atoms with Gasteiger partial charge < -0.3 is 10.6 Å². The second-order valence-corrected chi connectivity index (χ2v) is 7.34. The Bertz CT molecular complexity index is 879. The van der Waals surface area contributed by atoms with Gasteiger partial charge in [0.15, 0.2) is 0 Å². The first-order chi connectivity index (χ1) is 13.8. The van der Waals surface area contributed by atoms with E-state index in [0.29, 0.717) is 11.5 Å². The third-order valence-corrected chi connectivity index (χ3v) is 5.24. The van der Waals surface area contributed by atoms with Crippen LogP contribution in [0.2, 0.25) is 0 Å². The van der Waals surface area contributed by atoms with Gasteiger partial charge in [0.2, 0.25) is 0 Å². The number of carbonyl (C=O) groups excluding carboxylic acids is 1. The minimum Gasteiger partial charge on any atom is -0.385 e. The molecule has 2 N–H and O–H groups in total. The molecule has 0 heterocycles. The molecule has 0 bridgehead atoms. The number of hydrogen-bond acceptors (Lipinski definition) is 3. The molecule has 0 radical (unpaired) electrons. The maximum Gasteiger partial charge on any atom is 0.416 e. The topological polar surface area (TPSA) is 64.9 Å². The molecule has 0 spiro atoms. The van der Waals surface area contributed by atoms with Crippen LogP contribution in [0.1, 0.15) is 47.2 Å². The summed E-state index contributed by atoms with van der Waals surface area (Å²) in [5.41, 5.74) is 0.795. The largest absolute Gasteiger partial charge is 0.416 e. The average Bonchev–Trinajstić information content (AvgIpc) is 2.73. The third kappa shape index (κ3) is 5.74. The number of nitrogens with zero attached hydrogens (tertiary/aromatic N) is 1. The Morgan fingerprint density at radius 1 is 1.07 bits per heavy atom. The van der Waals surface area contributed by atoms with E-state index in [1.54, 1.807) is 12.1 Å². The van der Waals surface area contributed by atoms with Gasteiger partial charge in [-0.25, -0.2) is 0 Å². The van der Waals surface area contributed by atoms with E-state index in [2.05, 4.69) is 16.7 Å². The summed E-state index contributed by atoms with van der Waals surface area (Å²) in [6, 6.07) is 13.8. The van der Waals surface area contributed by atoms with Crippen molar-refractivity contribution < 1.29 is 18.0 Å². The van der Waals surface area contributed by atoms with Crippen LogP contribution >= 0.6 is 0 Å². The zero-order valence-corrected chi connectivity index (χ0v) is 15.8. The first-order valence-corrected chi connectivity index (χ1v) is 9.57. The maximum absolute atomic E-state index is 12.8. The summed E-state index contributed by atoms with van der Waals surface area (Å²) in [6.07, 6.45) is -1.02. The van der Waals surface area contributed by atoms with E-state index >= 15 is 0 Å². The van der Waals surface area contributed by atoms with Crippen molar-refractivity contribution in [2.75, 3.05) is 11.9 Å². The van der Waals surface area contributed by atoms with E-state index in [1.807, 2.05) is 12.1 Å². The molecule has 4 nitrogen and oxygen atoms in total. The molecule has 3 rings (SSSR count). The van der Waals surface area contributed by atoms with Crippen LogP contribution in [-0.4, -0.2) is 18.5 Å². The fourth-order valence-electron chi connectivity index (χ4n) is 3.54. The number of hydrogen-bond donors (Lipinski definition) is 2. The van der Waals surface area contributed by atoms with E-state index in [-0.39, 0.29) is 11.6 Å². The van der Waals surface area contributed by atoms with Crippen LogP contribution < -0.4 is 10.6 Å². The van der Waals surface area contributed by atoms with Crippen molar-refractivity contribution in [1.29, 1.82) is 5.26 Å². The summed E-state index contributed by atoms with van der Waals surface area (Å²) < 4.78 is 38.4. The lowest BCUT2D eigenvalue weighted by molar-refractivity contribution is -0.137. The van der Waals surface area contributed by atoms with Crippen LogP contribution in [-0.2, 0) is 6.18 Å². The van der Waals surface area contributed by atoms with Gasteiger partial charge in [0.05, 0.1) is 17.2 Å². The summed E-state index contributed by atoms with van der Waals surface area (Å²) in [7, 11) is 0. The Morgan fingerprint density at radius 2 is 1.76 bits per heavy atom. The van der Waals surface area contributed by atoms with Crippen LogP contribution in [0.15, 0.2) is 48.5 Å². The Hall–Kier alpha value is -3.01. The highest BCUT2D eigenvalue weighted by molar-refractivity contribution is 5.94. The normalized spacial score (nSPS) is 19.2. The van der Waals surface area contributed by atoms with Crippen LogP contribution in [0.4, 0.5) is 18.9 Å². The van der Waals surface area contributed by atoms with Gasteiger partial charge >= 0.3 is 6.18 Å². The summed E-state index contributed by atoms with van der Waals surface area (Å²) >= 11 is 0. The second kappa shape index (κ2) is 8.99. The summed E-state index contributed by atoms with van der Waals surface area (Å²) in [4.78, 5) is 12.3. The number of nitrogens with one attached hydrogen (secondary N) is 2. The number of rotatable bonds is 5. The molecule has 1 aliphatic rings. The second-order valence-electron chi connectivity index (χ2n) is 7.34. The lowest BCUT2D eigenvalue weighted by Gasteiger charge is -2.29. The maximum atomic E-state index is 12.8. The summed E-state index contributed by atoms with van der Waals surface area (Å²) in [5, 5.41) is 15.0. The quantitative estimate of drug-likeness (QED) is 0.743. The van der Waals surface area contributed by atoms with Crippen LogP contribution in [0.3, 0.4) is 0 Å². The number of carbonyl (C=O) groups is 1.